The summed E-state index contributed by atoms with van der Waals surface area (Å²) in [5.74, 6) is 1.14. The molecule has 2 rings (SSSR count). The van der Waals surface area contributed by atoms with E-state index in [2.05, 4.69) is 26.2 Å². The Labute approximate surface area is 107 Å². The van der Waals surface area contributed by atoms with E-state index in [9.17, 15) is 4.39 Å². The monoisotopic (exact) mass is 296 g/mol. The maximum Gasteiger partial charge on any atom is 0.221 e. The molecule has 0 aliphatic carbocycles. The Morgan fingerprint density at radius 1 is 1.29 bits per heavy atom. The Bertz CT molecular complexity index is 513. The molecule has 1 aromatic carbocycles. The van der Waals surface area contributed by atoms with Crippen molar-refractivity contribution in [3.8, 4) is 11.6 Å². The molecule has 0 spiro atoms. The van der Waals surface area contributed by atoms with Crippen LogP contribution in [0.3, 0.4) is 0 Å². The van der Waals surface area contributed by atoms with Crippen molar-refractivity contribution in [1.29, 1.82) is 0 Å². The van der Waals surface area contributed by atoms with Gasteiger partial charge in [-0.1, -0.05) is 22.0 Å². The highest BCUT2D eigenvalue weighted by Crippen LogP contribution is 2.25. The van der Waals surface area contributed by atoms with Crippen molar-refractivity contribution in [2.75, 3.05) is 12.4 Å². The van der Waals surface area contributed by atoms with E-state index < -0.39 is 0 Å². The van der Waals surface area contributed by atoms with Gasteiger partial charge in [0.15, 0.2) is 0 Å². The number of hydrogen-bond acceptors (Lipinski definition) is 3. The van der Waals surface area contributed by atoms with Gasteiger partial charge in [-0.25, -0.2) is 4.39 Å². The smallest absolute Gasteiger partial charge is 0.221 e. The van der Waals surface area contributed by atoms with Gasteiger partial charge in [0, 0.05) is 23.7 Å². The van der Waals surface area contributed by atoms with Crippen LogP contribution in [0, 0.1) is 5.82 Å². The number of ether oxygens (including phenoxy) is 1. The van der Waals surface area contributed by atoms with Crippen LogP contribution in [-0.2, 0) is 0 Å². The second-order valence-electron chi connectivity index (χ2n) is 3.32. The number of nitrogens with zero attached hydrogens (tertiary/aromatic N) is 1. The average Bonchev–Trinajstić information content (AvgIpc) is 2.28. The van der Waals surface area contributed by atoms with E-state index in [1.165, 1.54) is 12.1 Å². The van der Waals surface area contributed by atoms with Crippen LogP contribution in [-0.4, -0.2) is 12.0 Å². The molecule has 0 saturated carbocycles. The summed E-state index contributed by atoms with van der Waals surface area (Å²) in [7, 11) is 1.77. The van der Waals surface area contributed by atoms with E-state index in [-0.39, 0.29) is 5.82 Å². The minimum atomic E-state index is -0.362. The third-order valence-corrected chi connectivity index (χ3v) is 2.50. The third-order valence-electron chi connectivity index (χ3n) is 2.04. The largest absolute Gasteiger partial charge is 0.439 e. The molecule has 0 radical (unpaired) electrons. The molecule has 0 amide bonds. The van der Waals surface area contributed by atoms with Gasteiger partial charge in [-0.3, -0.25) is 0 Å². The topological polar surface area (TPSA) is 34.1 Å². The zero-order valence-corrected chi connectivity index (χ0v) is 10.7. The molecule has 1 heterocycles. The van der Waals surface area contributed by atoms with Crippen molar-refractivity contribution < 1.29 is 9.13 Å². The van der Waals surface area contributed by atoms with Crippen molar-refractivity contribution in [2.24, 2.45) is 0 Å². The van der Waals surface area contributed by atoms with Gasteiger partial charge in [0.25, 0.3) is 0 Å². The fraction of sp³-hybridized carbons (Fsp3) is 0.0833. The van der Waals surface area contributed by atoms with Crippen molar-refractivity contribution in [2.45, 2.75) is 0 Å². The van der Waals surface area contributed by atoms with Crippen LogP contribution in [0.15, 0.2) is 40.9 Å². The van der Waals surface area contributed by atoms with Gasteiger partial charge in [0.05, 0.1) is 0 Å². The lowest BCUT2D eigenvalue weighted by Gasteiger charge is -2.06. The van der Waals surface area contributed by atoms with E-state index in [1.807, 2.05) is 12.1 Å². The van der Waals surface area contributed by atoms with Gasteiger partial charge < -0.3 is 10.1 Å². The SMILES string of the molecule is CNc1cccc(Oc2cc(F)cc(Br)c2)n1. The maximum absolute atomic E-state index is 13.1. The van der Waals surface area contributed by atoms with Crippen molar-refractivity contribution in [3.63, 3.8) is 0 Å². The molecule has 1 aromatic heterocycles. The minimum Gasteiger partial charge on any atom is -0.439 e. The van der Waals surface area contributed by atoms with Crippen LogP contribution in [0.4, 0.5) is 10.2 Å². The zero-order chi connectivity index (χ0) is 12.3. The molecular formula is C12H10BrFN2O. The quantitative estimate of drug-likeness (QED) is 0.935. The maximum atomic E-state index is 13.1. The van der Waals surface area contributed by atoms with Crippen LogP contribution in [0.25, 0.3) is 0 Å². The molecule has 2 aromatic rings. The van der Waals surface area contributed by atoms with Crippen LogP contribution in [0.2, 0.25) is 0 Å². The molecule has 1 N–H and O–H groups in total. The lowest BCUT2D eigenvalue weighted by atomic mass is 10.3. The number of halogens is 2. The van der Waals surface area contributed by atoms with Gasteiger partial charge >= 0.3 is 0 Å². The molecule has 17 heavy (non-hydrogen) atoms. The summed E-state index contributed by atoms with van der Waals surface area (Å²) >= 11 is 3.20. The van der Waals surface area contributed by atoms with Crippen molar-refractivity contribution in [1.82, 2.24) is 4.98 Å². The Kier molecular flexibility index (Phi) is 3.58. The standard InChI is InChI=1S/C12H10BrFN2O/c1-15-11-3-2-4-12(16-11)17-10-6-8(13)5-9(14)7-10/h2-7H,1H3,(H,15,16). The van der Waals surface area contributed by atoms with Crippen LogP contribution < -0.4 is 10.1 Å². The molecule has 0 unspecified atom stereocenters. The number of rotatable bonds is 3. The number of anilines is 1. The highest BCUT2D eigenvalue weighted by Gasteiger charge is 2.03. The molecule has 0 aliphatic rings. The van der Waals surface area contributed by atoms with E-state index in [1.54, 1.807) is 19.2 Å². The molecule has 88 valence electrons. The predicted octanol–water partition coefficient (Wildman–Crippen LogP) is 3.82. The summed E-state index contributed by atoms with van der Waals surface area (Å²) in [6.07, 6.45) is 0. The Morgan fingerprint density at radius 2 is 2.12 bits per heavy atom. The first-order chi connectivity index (χ1) is 8.17. The molecule has 0 aliphatic heterocycles. The van der Waals surface area contributed by atoms with Gasteiger partial charge in [-0.2, -0.15) is 4.98 Å². The highest BCUT2D eigenvalue weighted by molar-refractivity contribution is 9.10. The fourth-order valence-corrected chi connectivity index (χ4v) is 1.76. The normalized spacial score (nSPS) is 10.1. The van der Waals surface area contributed by atoms with Crippen LogP contribution in [0.5, 0.6) is 11.6 Å². The Balaban J connectivity index is 2.24. The van der Waals surface area contributed by atoms with Crippen molar-refractivity contribution in [3.05, 3.63) is 46.7 Å². The second kappa shape index (κ2) is 5.14. The summed E-state index contributed by atoms with van der Waals surface area (Å²) in [6, 6.07) is 9.68. The number of nitrogens with one attached hydrogen (secondary N) is 1. The first-order valence-electron chi connectivity index (χ1n) is 4.96. The van der Waals surface area contributed by atoms with Gasteiger partial charge in [-0.15, -0.1) is 0 Å². The lowest BCUT2D eigenvalue weighted by molar-refractivity contribution is 0.458. The molecule has 3 nitrogen and oxygen atoms in total. The molecule has 0 atom stereocenters. The van der Waals surface area contributed by atoms with Gasteiger partial charge in [0.1, 0.15) is 17.4 Å². The predicted molar refractivity (Wildman–Crippen MR) is 68.0 cm³/mol. The van der Waals surface area contributed by atoms with E-state index >= 15 is 0 Å². The lowest BCUT2D eigenvalue weighted by Crippen LogP contribution is -1.94. The fourth-order valence-electron chi connectivity index (χ4n) is 1.32. The highest BCUT2D eigenvalue weighted by atomic mass is 79.9. The molecule has 5 heteroatoms. The van der Waals surface area contributed by atoms with Gasteiger partial charge in [-0.05, 0) is 18.2 Å². The first-order valence-corrected chi connectivity index (χ1v) is 5.75. The van der Waals surface area contributed by atoms with Crippen LogP contribution in [0.1, 0.15) is 0 Å². The Morgan fingerprint density at radius 3 is 2.82 bits per heavy atom. The second-order valence-corrected chi connectivity index (χ2v) is 4.23. The van der Waals surface area contributed by atoms with E-state index in [4.69, 9.17) is 4.74 Å². The van der Waals surface area contributed by atoms with Crippen molar-refractivity contribution >= 4 is 21.7 Å². The van der Waals surface area contributed by atoms with Crippen LogP contribution >= 0.6 is 15.9 Å². The zero-order valence-electron chi connectivity index (χ0n) is 9.08. The average molecular weight is 297 g/mol. The molecular weight excluding hydrogens is 287 g/mol. The minimum absolute atomic E-state index is 0.362. The molecule has 0 fully saturated rings. The summed E-state index contributed by atoms with van der Waals surface area (Å²) in [6.45, 7) is 0. The summed E-state index contributed by atoms with van der Waals surface area (Å²) in [5, 5.41) is 2.90. The number of aromatic nitrogens is 1. The summed E-state index contributed by atoms with van der Waals surface area (Å²) in [4.78, 5) is 4.17. The molecule has 0 saturated heterocycles. The summed E-state index contributed by atoms with van der Waals surface area (Å²) < 4.78 is 19.2. The summed E-state index contributed by atoms with van der Waals surface area (Å²) in [5.41, 5.74) is 0. The van der Waals surface area contributed by atoms with E-state index in [0.29, 0.717) is 21.9 Å². The van der Waals surface area contributed by atoms with Gasteiger partial charge in [0.2, 0.25) is 5.88 Å². The number of hydrogen-bond donors (Lipinski definition) is 1. The van der Waals surface area contributed by atoms with E-state index in [0.717, 1.165) is 0 Å². The third kappa shape index (κ3) is 3.17. The first kappa shape index (κ1) is 11.9. The molecule has 0 bridgehead atoms. The number of pyridine rings is 1. The Hall–Kier alpha value is -1.62. The number of benzene rings is 1.